The lowest BCUT2D eigenvalue weighted by molar-refractivity contribution is 0.660. The summed E-state index contributed by atoms with van der Waals surface area (Å²) in [5.74, 6) is 0. The second-order valence-electron chi connectivity index (χ2n) is 16.4. The van der Waals surface area contributed by atoms with Gasteiger partial charge in [0.15, 0.2) is 5.58 Å². The van der Waals surface area contributed by atoms with Gasteiger partial charge in [0.25, 0.3) is 0 Å². The van der Waals surface area contributed by atoms with E-state index in [0.29, 0.717) is 0 Å². The van der Waals surface area contributed by atoms with Crippen LogP contribution >= 0.6 is 11.3 Å². The Labute approximate surface area is 344 Å². The van der Waals surface area contributed by atoms with E-state index >= 15 is 0 Å². The van der Waals surface area contributed by atoms with Crippen LogP contribution in [0.1, 0.15) is 25.0 Å². The summed E-state index contributed by atoms with van der Waals surface area (Å²) in [4.78, 5) is 2.44. The SMILES string of the molecule is CC1(C)c2ccccc2-c2ccc(N(c3cccc4c3oc3c(-c5ccc6ccccc6c5)c5c(cc34)oc3ccccc35)c3cccc4c3sc3ccccc34)cc21. The monoisotopic (exact) mass is 773 g/mol. The van der Waals surface area contributed by atoms with E-state index in [0.717, 1.165) is 72.1 Å². The van der Waals surface area contributed by atoms with E-state index in [1.807, 2.05) is 17.4 Å². The Morgan fingerprint density at radius 2 is 1.20 bits per heavy atom. The quantitative estimate of drug-likeness (QED) is 0.178. The molecule has 0 amide bonds. The molecule has 59 heavy (non-hydrogen) atoms. The molecule has 1 aliphatic rings. The topological polar surface area (TPSA) is 29.5 Å². The number of fused-ring (bicyclic) bond motifs is 13. The second kappa shape index (κ2) is 12.0. The minimum Gasteiger partial charge on any atom is -0.456 e. The molecule has 13 rings (SSSR count). The number of nitrogens with zero attached hydrogens (tertiary/aromatic N) is 1. The van der Waals surface area contributed by atoms with Crippen molar-refractivity contribution in [3.63, 3.8) is 0 Å². The van der Waals surface area contributed by atoms with Gasteiger partial charge in [-0.25, -0.2) is 0 Å². The lowest BCUT2D eigenvalue weighted by Crippen LogP contribution is -2.16. The molecule has 0 spiro atoms. The van der Waals surface area contributed by atoms with Crippen molar-refractivity contribution in [3.8, 4) is 22.3 Å². The van der Waals surface area contributed by atoms with E-state index in [4.69, 9.17) is 8.83 Å². The van der Waals surface area contributed by atoms with Crippen LogP contribution in [0.2, 0.25) is 0 Å². The average molecular weight is 774 g/mol. The van der Waals surface area contributed by atoms with Gasteiger partial charge in [-0.05, 0) is 87.1 Å². The maximum Gasteiger partial charge on any atom is 0.159 e. The van der Waals surface area contributed by atoms with Gasteiger partial charge in [-0.15, -0.1) is 11.3 Å². The number of rotatable bonds is 4. The van der Waals surface area contributed by atoms with Crippen LogP contribution in [0.3, 0.4) is 0 Å². The molecule has 1 aliphatic carbocycles. The summed E-state index contributed by atoms with van der Waals surface area (Å²) >= 11 is 1.85. The van der Waals surface area contributed by atoms with E-state index in [-0.39, 0.29) is 5.41 Å². The molecule has 0 atom stereocenters. The molecule has 0 radical (unpaired) electrons. The Balaban J connectivity index is 1.13. The third-order valence-electron chi connectivity index (χ3n) is 12.8. The van der Waals surface area contributed by atoms with Crippen molar-refractivity contribution in [2.45, 2.75) is 19.3 Å². The summed E-state index contributed by atoms with van der Waals surface area (Å²) in [6, 6.07) is 63.8. The third kappa shape index (κ3) is 4.58. The molecule has 3 nitrogen and oxygen atoms in total. The number of anilines is 3. The zero-order chi connectivity index (χ0) is 39.0. The molecule has 4 heteroatoms. The summed E-state index contributed by atoms with van der Waals surface area (Å²) in [5.41, 5.74) is 13.9. The van der Waals surface area contributed by atoms with Crippen LogP contribution in [-0.2, 0) is 5.41 Å². The molecule has 0 aliphatic heterocycles. The van der Waals surface area contributed by atoms with E-state index < -0.39 is 0 Å². The molecular formula is C55H35NO2S. The summed E-state index contributed by atoms with van der Waals surface area (Å²) in [6.45, 7) is 4.71. The Hall–Kier alpha value is -7.14. The van der Waals surface area contributed by atoms with E-state index in [9.17, 15) is 0 Å². The molecule has 0 N–H and O–H groups in total. The fraction of sp³-hybridized carbons (Fsp3) is 0.0545. The number of benzene rings is 9. The van der Waals surface area contributed by atoms with Gasteiger partial charge in [-0.3, -0.25) is 0 Å². The zero-order valence-corrected chi connectivity index (χ0v) is 33.2. The van der Waals surface area contributed by atoms with Crippen LogP contribution in [0.25, 0.3) is 97.1 Å². The highest BCUT2D eigenvalue weighted by Crippen LogP contribution is 2.54. The molecule has 0 saturated carbocycles. The number of hydrogen-bond acceptors (Lipinski definition) is 4. The van der Waals surface area contributed by atoms with Crippen molar-refractivity contribution in [2.75, 3.05) is 4.90 Å². The number of hydrogen-bond donors (Lipinski definition) is 0. The van der Waals surface area contributed by atoms with Crippen LogP contribution in [-0.4, -0.2) is 0 Å². The lowest BCUT2D eigenvalue weighted by atomic mass is 9.82. The van der Waals surface area contributed by atoms with E-state index in [1.54, 1.807) is 0 Å². The lowest BCUT2D eigenvalue weighted by Gasteiger charge is -2.28. The van der Waals surface area contributed by atoms with Gasteiger partial charge in [-0.2, -0.15) is 0 Å². The van der Waals surface area contributed by atoms with Crippen molar-refractivity contribution >= 4 is 103 Å². The summed E-state index contributed by atoms with van der Waals surface area (Å²) < 4.78 is 16.6. The molecule has 12 aromatic rings. The summed E-state index contributed by atoms with van der Waals surface area (Å²) in [6.07, 6.45) is 0. The first kappa shape index (κ1) is 32.9. The highest BCUT2D eigenvalue weighted by atomic mass is 32.1. The van der Waals surface area contributed by atoms with E-state index in [1.165, 1.54) is 53.2 Å². The van der Waals surface area contributed by atoms with Crippen LogP contribution in [0, 0.1) is 0 Å². The first-order valence-electron chi connectivity index (χ1n) is 20.2. The largest absolute Gasteiger partial charge is 0.456 e. The molecule has 0 fully saturated rings. The average Bonchev–Trinajstić information content (AvgIpc) is 4.02. The van der Waals surface area contributed by atoms with Gasteiger partial charge in [0.1, 0.15) is 16.7 Å². The minimum atomic E-state index is -0.159. The molecular weight excluding hydrogens is 739 g/mol. The zero-order valence-electron chi connectivity index (χ0n) is 32.4. The molecule has 9 aromatic carbocycles. The number of thiophene rings is 1. The molecule has 3 heterocycles. The molecule has 0 unspecified atom stereocenters. The maximum atomic E-state index is 7.41. The Kier molecular flexibility index (Phi) is 6.66. The van der Waals surface area contributed by atoms with Crippen LogP contribution in [0.15, 0.2) is 185 Å². The van der Waals surface area contributed by atoms with Gasteiger partial charge in [0.2, 0.25) is 0 Å². The van der Waals surface area contributed by atoms with Crippen molar-refractivity contribution in [2.24, 2.45) is 0 Å². The standard InChI is InChI=1S/C55H35NO2S/c1-55(2)43-20-8-5-15-36(43)37-28-27-35(30-44(37)55)56(46-22-12-19-40-38-16-7-10-24-49(38)59-54(40)46)45-21-11-18-39-42-31-48-51(41-17-6-9-23-47(41)57-48)50(53(42)58-52(39)45)34-26-25-32-13-3-4-14-33(32)29-34/h3-31H,1-2H3. The van der Waals surface area contributed by atoms with Gasteiger partial charge >= 0.3 is 0 Å². The third-order valence-corrected chi connectivity index (χ3v) is 14.0. The van der Waals surface area contributed by atoms with Gasteiger partial charge in [0, 0.05) is 53.7 Å². The van der Waals surface area contributed by atoms with Gasteiger partial charge in [-0.1, -0.05) is 141 Å². The summed E-state index contributed by atoms with van der Waals surface area (Å²) in [7, 11) is 0. The maximum absolute atomic E-state index is 7.41. The van der Waals surface area contributed by atoms with Crippen molar-refractivity contribution in [1.82, 2.24) is 0 Å². The smallest absolute Gasteiger partial charge is 0.159 e. The predicted octanol–water partition coefficient (Wildman–Crippen LogP) is 16.4. The fourth-order valence-electron chi connectivity index (χ4n) is 10.1. The molecule has 278 valence electrons. The van der Waals surface area contributed by atoms with Crippen molar-refractivity contribution < 1.29 is 8.83 Å². The number of furan rings is 2. The first-order chi connectivity index (χ1) is 29.0. The molecule has 0 saturated heterocycles. The molecule has 0 bridgehead atoms. The highest BCUT2D eigenvalue weighted by Gasteiger charge is 2.36. The number of para-hydroxylation sites is 2. The summed E-state index contributed by atoms with van der Waals surface area (Å²) in [5, 5.41) is 9.14. The Morgan fingerprint density at radius 3 is 2.12 bits per heavy atom. The van der Waals surface area contributed by atoms with E-state index in [2.05, 4.69) is 189 Å². The second-order valence-corrected chi connectivity index (χ2v) is 17.5. The van der Waals surface area contributed by atoms with Crippen LogP contribution in [0.5, 0.6) is 0 Å². The fourth-order valence-corrected chi connectivity index (χ4v) is 11.3. The normalized spacial score (nSPS) is 13.4. The Morgan fingerprint density at radius 1 is 0.475 bits per heavy atom. The van der Waals surface area contributed by atoms with Crippen molar-refractivity contribution in [1.29, 1.82) is 0 Å². The van der Waals surface area contributed by atoms with Gasteiger partial charge in [0.05, 0.1) is 16.1 Å². The molecule has 3 aromatic heterocycles. The first-order valence-corrected chi connectivity index (χ1v) is 21.1. The highest BCUT2D eigenvalue weighted by molar-refractivity contribution is 7.26. The Bertz CT molecular complexity index is 3730. The predicted molar refractivity (Wildman–Crippen MR) is 249 cm³/mol. The van der Waals surface area contributed by atoms with Crippen LogP contribution < -0.4 is 4.90 Å². The van der Waals surface area contributed by atoms with Crippen LogP contribution in [0.4, 0.5) is 17.1 Å². The van der Waals surface area contributed by atoms with Gasteiger partial charge < -0.3 is 13.7 Å². The van der Waals surface area contributed by atoms with Crippen molar-refractivity contribution in [3.05, 3.63) is 187 Å². The minimum absolute atomic E-state index is 0.159.